The number of ether oxygens (including phenoxy) is 1. The molecule has 12 heteroatoms. The van der Waals surface area contributed by atoms with Crippen molar-refractivity contribution in [2.24, 2.45) is 0 Å². The SMILES string of the molecule is COC(=O)c1ccc(Cl)c(NC(=O)c2cc3cnc(S(C)(=O)=O)nc3[nH]c2=O)c1. The Bertz CT molecular complexity index is 1320. The minimum absolute atomic E-state index is 0.0345. The maximum atomic E-state index is 12.6. The number of aromatic amines is 1. The van der Waals surface area contributed by atoms with Gasteiger partial charge in [-0.15, -0.1) is 0 Å². The number of rotatable bonds is 4. The average Bonchev–Trinajstić information content (AvgIpc) is 2.67. The summed E-state index contributed by atoms with van der Waals surface area (Å²) in [6.07, 6.45) is 2.11. The number of hydrogen-bond donors (Lipinski definition) is 2. The predicted octanol–water partition coefficient (Wildman–Crippen LogP) is 1.41. The average molecular weight is 437 g/mol. The number of aromatic nitrogens is 3. The molecule has 0 aliphatic carbocycles. The molecule has 0 saturated heterocycles. The molecule has 3 rings (SSSR count). The first-order valence-corrected chi connectivity index (χ1v) is 10.2. The number of anilines is 1. The number of methoxy groups -OCH3 is 1. The minimum atomic E-state index is -3.67. The zero-order chi connectivity index (χ0) is 21.3. The molecule has 2 N–H and O–H groups in total. The first-order chi connectivity index (χ1) is 13.6. The van der Waals surface area contributed by atoms with Crippen LogP contribution in [0.3, 0.4) is 0 Å². The molecule has 1 amide bonds. The predicted molar refractivity (Wildman–Crippen MR) is 104 cm³/mol. The van der Waals surface area contributed by atoms with Crippen molar-refractivity contribution in [3.63, 3.8) is 0 Å². The number of hydrogen-bond acceptors (Lipinski definition) is 8. The van der Waals surface area contributed by atoms with E-state index >= 15 is 0 Å². The Balaban J connectivity index is 1.99. The van der Waals surface area contributed by atoms with E-state index in [1.165, 1.54) is 37.6 Å². The van der Waals surface area contributed by atoms with Crippen LogP contribution in [0.5, 0.6) is 0 Å². The molecule has 150 valence electrons. The van der Waals surface area contributed by atoms with Gasteiger partial charge in [0.1, 0.15) is 11.2 Å². The van der Waals surface area contributed by atoms with Crippen LogP contribution >= 0.6 is 11.6 Å². The Morgan fingerprint density at radius 3 is 2.62 bits per heavy atom. The highest BCUT2D eigenvalue weighted by Gasteiger charge is 2.18. The molecule has 3 aromatic rings. The Labute approximate surface area is 168 Å². The number of benzene rings is 1. The monoisotopic (exact) mass is 436 g/mol. The third kappa shape index (κ3) is 4.25. The normalized spacial score (nSPS) is 11.3. The molecule has 10 nitrogen and oxygen atoms in total. The van der Waals surface area contributed by atoms with Gasteiger partial charge in [-0.05, 0) is 24.3 Å². The van der Waals surface area contributed by atoms with Gasteiger partial charge in [0.05, 0.1) is 23.4 Å². The van der Waals surface area contributed by atoms with E-state index < -0.39 is 32.4 Å². The molecule has 0 radical (unpaired) electrons. The van der Waals surface area contributed by atoms with E-state index in [0.29, 0.717) is 0 Å². The van der Waals surface area contributed by atoms with E-state index in [0.717, 1.165) is 6.26 Å². The molecule has 0 aliphatic heterocycles. The Morgan fingerprint density at radius 2 is 1.97 bits per heavy atom. The highest BCUT2D eigenvalue weighted by molar-refractivity contribution is 7.90. The number of amides is 1. The van der Waals surface area contributed by atoms with E-state index in [1.54, 1.807) is 0 Å². The Kier molecular flexibility index (Phi) is 5.36. The third-order valence-corrected chi connectivity index (χ3v) is 4.97. The van der Waals surface area contributed by atoms with Gasteiger partial charge in [0.25, 0.3) is 11.5 Å². The van der Waals surface area contributed by atoms with E-state index in [4.69, 9.17) is 11.6 Å². The van der Waals surface area contributed by atoms with Gasteiger partial charge in [0.15, 0.2) is 0 Å². The second-order valence-corrected chi connectivity index (χ2v) is 8.20. The first kappa shape index (κ1) is 20.4. The summed E-state index contributed by atoms with van der Waals surface area (Å²) in [4.78, 5) is 46.4. The van der Waals surface area contributed by atoms with Crippen LogP contribution in [0.25, 0.3) is 11.0 Å². The van der Waals surface area contributed by atoms with Crippen molar-refractivity contribution in [2.75, 3.05) is 18.7 Å². The largest absolute Gasteiger partial charge is 0.465 e. The number of halogens is 1. The van der Waals surface area contributed by atoms with Gasteiger partial charge in [0.2, 0.25) is 15.0 Å². The molecule has 0 aliphatic rings. The van der Waals surface area contributed by atoms with E-state index in [1.807, 2.05) is 0 Å². The number of sulfone groups is 1. The fourth-order valence-electron chi connectivity index (χ4n) is 2.38. The Morgan fingerprint density at radius 1 is 1.24 bits per heavy atom. The van der Waals surface area contributed by atoms with Crippen LogP contribution in [-0.2, 0) is 14.6 Å². The van der Waals surface area contributed by atoms with Crippen LogP contribution in [0.15, 0.2) is 40.4 Å². The lowest BCUT2D eigenvalue weighted by atomic mass is 10.1. The van der Waals surface area contributed by atoms with Gasteiger partial charge in [-0.1, -0.05) is 11.6 Å². The van der Waals surface area contributed by atoms with E-state index in [2.05, 4.69) is 25.0 Å². The van der Waals surface area contributed by atoms with Crippen molar-refractivity contribution >= 4 is 50.0 Å². The molecule has 0 unspecified atom stereocenters. The van der Waals surface area contributed by atoms with Crippen molar-refractivity contribution < 1.29 is 22.7 Å². The van der Waals surface area contributed by atoms with Gasteiger partial charge in [-0.3, -0.25) is 9.59 Å². The maximum Gasteiger partial charge on any atom is 0.337 e. The third-order valence-electron chi connectivity index (χ3n) is 3.78. The molecule has 29 heavy (non-hydrogen) atoms. The summed E-state index contributed by atoms with van der Waals surface area (Å²) in [5.74, 6) is -1.43. The van der Waals surface area contributed by atoms with Crippen LogP contribution in [0.1, 0.15) is 20.7 Å². The number of nitrogens with one attached hydrogen (secondary N) is 2. The molecule has 0 bridgehead atoms. The Hall–Kier alpha value is -3.31. The fraction of sp³-hybridized carbons (Fsp3) is 0.118. The number of pyridine rings is 1. The molecule has 2 aromatic heterocycles. The second-order valence-electron chi connectivity index (χ2n) is 5.88. The summed E-state index contributed by atoms with van der Waals surface area (Å²) in [5.41, 5.74) is -0.863. The first-order valence-electron chi connectivity index (χ1n) is 7.89. The summed E-state index contributed by atoms with van der Waals surface area (Å²) in [6.45, 7) is 0. The summed E-state index contributed by atoms with van der Waals surface area (Å²) >= 11 is 6.04. The highest BCUT2D eigenvalue weighted by atomic mass is 35.5. The summed E-state index contributed by atoms with van der Waals surface area (Å²) in [5, 5.41) is 2.39. The lowest BCUT2D eigenvalue weighted by Crippen LogP contribution is -2.23. The topological polar surface area (TPSA) is 148 Å². The van der Waals surface area contributed by atoms with Crippen LogP contribution in [0.2, 0.25) is 5.02 Å². The quantitative estimate of drug-likeness (QED) is 0.460. The molecule has 1 aromatic carbocycles. The maximum absolute atomic E-state index is 12.6. The standard InChI is InChI=1S/C17H13ClN4O6S/c1-28-16(25)8-3-4-11(18)12(6-8)20-14(23)10-5-9-7-19-17(29(2,26)27)22-13(9)21-15(10)24/h3-7H,1-2H3,(H,20,23)(H,19,21,22,24). The lowest BCUT2D eigenvalue weighted by Gasteiger charge is -2.09. The van der Waals surface area contributed by atoms with Crippen molar-refractivity contribution in [3.8, 4) is 0 Å². The van der Waals surface area contributed by atoms with Crippen molar-refractivity contribution in [1.82, 2.24) is 15.0 Å². The molecule has 0 atom stereocenters. The molecular weight excluding hydrogens is 424 g/mol. The zero-order valence-corrected chi connectivity index (χ0v) is 16.6. The number of carbonyl (C=O) groups is 2. The molecule has 0 fully saturated rings. The molecule has 0 saturated carbocycles. The van der Waals surface area contributed by atoms with Crippen molar-refractivity contribution in [3.05, 3.63) is 57.0 Å². The summed E-state index contributed by atoms with van der Waals surface area (Å²) in [6, 6.07) is 5.34. The number of carbonyl (C=O) groups excluding carboxylic acids is 2. The van der Waals surface area contributed by atoms with Gasteiger partial charge in [-0.2, -0.15) is 0 Å². The number of esters is 1. The minimum Gasteiger partial charge on any atom is -0.465 e. The van der Waals surface area contributed by atoms with Gasteiger partial charge >= 0.3 is 5.97 Å². The number of nitrogens with zero attached hydrogens (tertiary/aromatic N) is 2. The zero-order valence-electron chi connectivity index (χ0n) is 15.0. The summed E-state index contributed by atoms with van der Waals surface area (Å²) in [7, 11) is -2.46. The van der Waals surface area contributed by atoms with Crippen LogP contribution in [-0.4, -0.2) is 48.6 Å². The smallest absolute Gasteiger partial charge is 0.337 e. The lowest BCUT2D eigenvalue weighted by molar-refractivity contribution is 0.0600. The second kappa shape index (κ2) is 7.60. The highest BCUT2D eigenvalue weighted by Crippen LogP contribution is 2.24. The van der Waals surface area contributed by atoms with Crippen molar-refractivity contribution in [2.45, 2.75) is 5.16 Å². The van der Waals surface area contributed by atoms with Crippen LogP contribution in [0.4, 0.5) is 5.69 Å². The van der Waals surface area contributed by atoms with E-state index in [-0.39, 0.29) is 32.9 Å². The van der Waals surface area contributed by atoms with Crippen LogP contribution < -0.4 is 10.9 Å². The van der Waals surface area contributed by atoms with Crippen molar-refractivity contribution in [1.29, 1.82) is 0 Å². The molecule has 2 heterocycles. The molecular formula is C17H13ClN4O6S. The van der Waals surface area contributed by atoms with Gasteiger partial charge < -0.3 is 15.0 Å². The number of fused-ring (bicyclic) bond motifs is 1. The van der Waals surface area contributed by atoms with Gasteiger partial charge in [0, 0.05) is 17.8 Å². The number of H-pyrrole nitrogens is 1. The van der Waals surface area contributed by atoms with Gasteiger partial charge in [-0.25, -0.2) is 23.2 Å². The molecule has 0 spiro atoms. The van der Waals surface area contributed by atoms with Crippen LogP contribution in [0, 0.1) is 0 Å². The van der Waals surface area contributed by atoms with E-state index in [9.17, 15) is 22.8 Å². The summed E-state index contributed by atoms with van der Waals surface area (Å²) < 4.78 is 27.7. The fourth-order valence-corrected chi connectivity index (χ4v) is 3.05.